The van der Waals surface area contributed by atoms with E-state index in [4.69, 9.17) is 5.11 Å². The van der Waals surface area contributed by atoms with Crippen molar-refractivity contribution in [3.63, 3.8) is 0 Å². The first-order chi connectivity index (χ1) is 12.7. The maximum Gasteiger partial charge on any atom is 0.303 e. The highest BCUT2D eigenvalue weighted by Crippen LogP contribution is 2.67. The summed E-state index contributed by atoms with van der Waals surface area (Å²) in [6.45, 7) is 8.85. The zero-order valence-electron chi connectivity index (χ0n) is 16.4. The molecule has 4 nitrogen and oxygen atoms in total. The van der Waals surface area contributed by atoms with E-state index in [-0.39, 0.29) is 28.8 Å². The predicted octanol–water partition coefficient (Wildman–Crippen LogP) is 4.34. The molecule has 27 heavy (non-hydrogen) atoms. The Labute approximate surface area is 161 Å². The summed E-state index contributed by atoms with van der Waals surface area (Å²) in [5, 5.41) is 9.11. The van der Waals surface area contributed by atoms with Gasteiger partial charge in [0.05, 0.1) is 0 Å². The second-order valence-electron chi connectivity index (χ2n) is 9.88. The Morgan fingerprint density at radius 1 is 1.22 bits per heavy atom. The molecule has 0 radical (unpaired) electrons. The molecule has 0 aromatic heterocycles. The minimum atomic E-state index is -0.700. The van der Waals surface area contributed by atoms with Crippen LogP contribution < -0.4 is 0 Å². The third kappa shape index (κ3) is 2.67. The van der Waals surface area contributed by atoms with Crippen molar-refractivity contribution >= 4 is 17.5 Å². The third-order valence-corrected chi connectivity index (χ3v) is 8.71. The Balaban J connectivity index is 1.64. The summed E-state index contributed by atoms with van der Waals surface area (Å²) in [5.74, 6) is 0.641. The summed E-state index contributed by atoms with van der Waals surface area (Å²) in [6.07, 6.45) is 8.26. The lowest BCUT2D eigenvalue weighted by Crippen LogP contribution is -2.52. The van der Waals surface area contributed by atoms with Gasteiger partial charge in [-0.1, -0.05) is 26.0 Å². The quantitative estimate of drug-likeness (QED) is 0.750. The first kappa shape index (κ1) is 18.6. The molecule has 4 heteroatoms. The molecular formula is C23H30O4. The van der Waals surface area contributed by atoms with Crippen molar-refractivity contribution in [1.29, 1.82) is 0 Å². The normalized spacial score (nSPS) is 43.6. The van der Waals surface area contributed by atoms with Gasteiger partial charge in [0.2, 0.25) is 11.6 Å². The summed E-state index contributed by atoms with van der Waals surface area (Å²) in [6, 6.07) is 0. The summed E-state index contributed by atoms with van der Waals surface area (Å²) in [7, 11) is 0. The van der Waals surface area contributed by atoms with E-state index in [1.54, 1.807) is 6.08 Å². The van der Waals surface area contributed by atoms with Crippen LogP contribution in [0, 0.1) is 34.5 Å². The molecule has 0 heterocycles. The van der Waals surface area contributed by atoms with E-state index in [1.807, 2.05) is 0 Å². The molecule has 0 aliphatic heterocycles. The molecule has 3 saturated carbocycles. The Hall–Kier alpha value is -1.71. The molecule has 0 amide bonds. The van der Waals surface area contributed by atoms with Gasteiger partial charge in [-0.25, -0.2) is 0 Å². The lowest BCUT2D eigenvalue weighted by atomic mass is 9.46. The molecule has 146 valence electrons. The maximum atomic E-state index is 12.2. The predicted molar refractivity (Wildman–Crippen MR) is 102 cm³/mol. The van der Waals surface area contributed by atoms with Gasteiger partial charge in [-0.2, -0.15) is 0 Å². The molecule has 3 fully saturated rings. The maximum absolute atomic E-state index is 12.2. The molecule has 4 rings (SSSR count). The highest BCUT2D eigenvalue weighted by molar-refractivity contribution is 6.42. The zero-order valence-corrected chi connectivity index (χ0v) is 16.4. The van der Waals surface area contributed by atoms with Gasteiger partial charge in [0, 0.05) is 18.3 Å². The minimum absolute atomic E-state index is 0.197. The van der Waals surface area contributed by atoms with Crippen LogP contribution in [0.15, 0.2) is 23.8 Å². The number of allylic oxidation sites excluding steroid dienone is 2. The Bertz CT molecular complexity index is 762. The van der Waals surface area contributed by atoms with Gasteiger partial charge in [0.1, 0.15) is 0 Å². The molecule has 0 bridgehead atoms. The van der Waals surface area contributed by atoms with Crippen LogP contribution in [0.3, 0.4) is 0 Å². The highest BCUT2D eigenvalue weighted by Gasteiger charge is 2.60. The van der Waals surface area contributed by atoms with Crippen molar-refractivity contribution in [1.82, 2.24) is 0 Å². The van der Waals surface area contributed by atoms with Gasteiger partial charge in [0.15, 0.2) is 0 Å². The van der Waals surface area contributed by atoms with Gasteiger partial charge >= 0.3 is 5.97 Å². The number of hydrogen-bond acceptors (Lipinski definition) is 3. The average molecular weight is 370 g/mol. The number of carboxylic acids is 1. The molecule has 0 aromatic rings. The van der Waals surface area contributed by atoms with Crippen LogP contribution in [0.4, 0.5) is 0 Å². The molecular weight excluding hydrogens is 340 g/mol. The number of carboxylic acid groups (broad SMARTS) is 1. The number of aliphatic carboxylic acids is 1. The molecule has 6 atom stereocenters. The van der Waals surface area contributed by atoms with Crippen molar-refractivity contribution < 1.29 is 19.5 Å². The van der Waals surface area contributed by atoms with Crippen molar-refractivity contribution in [2.75, 3.05) is 0 Å². The number of hydrogen-bond donors (Lipinski definition) is 1. The van der Waals surface area contributed by atoms with Crippen LogP contribution >= 0.6 is 0 Å². The Kier molecular flexibility index (Phi) is 4.25. The number of carbonyl (C=O) groups excluding carboxylic acids is 2. The van der Waals surface area contributed by atoms with Crippen LogP contribution in [0.5, 0.6) is 0 Å². The summed E-state index contributed by atoms with van der Waals surface area (Å²) < 4.78 is 0. The third-order valence-electron chi connectivity index (χ3n) is 8.71. The first-order valence-electron chi connectivity index (χ1n) is 10.4. The van der Waals surface area contributed by atoms with E-state index in [2.05, 4.69) is 20.4 Å². The number of carbonyl (C=O) groups is 3. The largest absolute Gasteiger partial charge is 0.481 e. The van der Waals surface area contributed by atoms with E-state index < -0.39 is 5.97 Å². The van der Waals surface area contributed by atoms with Gasteiger partial charge < -0.3 is 5.11 Å². The summed E-state index contributed by atoms with van der Waals surface area (Å²) >= 11 is 0. The fourth-order valence-corrected chi connectivity index (χ4v) is 7.37. The van der Waals surface area contributed by atoms with Crippen LogP contribution in [-0.4, -0.2) is 22.6 Å². The highest BCUT2D eigenvalue weighted by atomic mass is 16.4. The molecule has 4 aliphatic carbocycles. The van der Waals surface area contributed by atoms with E-state index in [9.17, 15) is 14.4 Å². The number of Topliss-reactive ketones (excluding diaryl/α,β-unsaturated/α-hetero) is 1. The summed E-state index contributed by atoms with van der Waals surface area (Å²) in [5.41, 5.74) is 2.00. The van der Waals surface area contributed by atoms with Gasteiger partial charge in [-0.15, -0.1) is 0 Å². The van der Waals surface area contributed by atoms with Crippen molar-refractivity contribution in [3.8, 4) is 0 Å². The van der Waals surface area contributed by atoms with Crippen LogP contribution in [0.1, 0.15) is 65.2 Å². The fraction of sp³-hybridized carbons (Fsp3) is 0.696. The SMILES string of the molecule is C=C1C[C@@H]2[C@@H](CC[C@]3(C)C(CCC(=O)O)CC[C@@H]23)[C@@]2(C)CC(=O)C(=O)C=C12. The van der Waals surface area contributed by atoms with E-state index in [1.165, 1.54) is 0 Å². The second kappa shape index (κ2) is 6.15. The molecule has 0 spiro atoms. The topological polar surface area (TPSA) is 71.4 Å². The molecule has 1 unspecified atom stereocenters. The Morgan fingerprint density at radius 2 is 1.96 bits per heavy atom. The smallest absolute Gasteiger partial charge is 0.303 e. The van der Waals surface area contributed by atoms with E-state index in [0.717, 1.165) is 49.7 Å². The standard InChI is InChI=1S/C23H30O4/c1-13-10-15-16-6-4-14(5-7-21(26)27)22(16,2)9-8-17(15)23(3)12-20(25)19(24)11-18(13)23/h11,14-17H,1,4-10,12H2,2-3H3,(H,26,27)/t14?,15-,16-,17+,22+,23+/m0/s1. The molecule has 4 aliphatic rings. The van der Waals surface area contributed by atoms with Crippen LogP contribution in [0.25, 0.3) is 0 Å². The Morgan fingerprint density at radius 3 is 2.67 bits per heavy atom. The molecule has 0 aromatic carbocycles. The molecule has 1 N–H and O–H groups in total. The average Bonchev–Trinajstić information content (AvgIpc) is 2.92. The van der Waals surface area contributed by atoms with Crippen molar-refractivity contribution in [3.05, 3.63) is 23.8 Å². The number of rotatable bonds is 3. The van der Waals surface area contributed by atoms with Gasteiger partial charge in [-0.3, -0.25) is 14.4 Å². The minimum Gasteiger partial charge on any atom is -0.481 e. The fourth-order valence-electron chi connectivity index (χ4n) is 7.37. The molecule has 0 saturated heterocycles. The van der Waals surface area contributed by atoms with Gasteiger partial charge in [-0.05, 0) is 79.3 Å². The van der Waals surface area contributed by atoms with Crippen molar-refractivity contribution in [2.45, 2.75) is 65.2 Å². The lowest BCUT2D eigenvalue weighted by Gasteiger charge is -2.58. The van der Waals surface area contributed by atoms with Gasteiger partial charge in [0.25, 0.3) is 0 Å². The van der Waals surface area contributed by atoms with Crippen LogP contribution in [0.2, 0.25) is 0 Å². The zero-order chi connectivity index (χ0) is 19.6. The monoisotopic (exact) mass is 370 g/mol. The first-order valence-corrected chi connectivity index (χ1v) is 10.4. The van der Waals surface area contributed by atoms with E-state index in [0.29, 0.717) is 30.1 Å². The second-order valence-corrected chi connectivity index (χ2v) is 9.88. The van der Waals surface area contributed by atoms with Crippen molar-refractivity contribution in [2.24, 2.45) is 34.5 Å². The lowest BCUT2D eigenvalue weighted by molar-refractivity contribution is -0.138. The number of fused-ring (bicyclic) bond motifs is 5. The van der Waals surface area contributed by atoms with Crippen LogP contribution in [-0.2, 0) is 14.4 Å². The van der Waals surface area contributed by atoms with E-state index >= 15 is 0 Å². The number of ketones is 2. The summed E-state index contributed by atoms with van der Waals surface area (Å²) in [4.78, 5) is 35.3.